The summed E-state index contributed by atoms with van der Waals surface area (Å²) in [6, 6.07) is 7.69. The minimum absolute atomic E-state index is 0.664. The predicted octanol–water partition coefficient (Wildman–Crippen LogP) is 3.11. The van der Waals surface area contributed by atoms with Gasteiger partial charge in [-0.2, -0.15) is 0 Å². The number of rotatable bonds is 3. The van der Waals surface area contributed by atoms with E-state index in [2.05, 4.69) is 6.58 Å². The molecule has 0 atom stereocenters. The second-order valence-electron chi connectivity index (χ2n) is 2.37. The van der Waals surface area contributed by atoms with Crippen LogP contribution in [0, 0.1) is 0 Å². The van der Waals surface area contributed by atoms with E-state index in [1.807, 2.05) is 24.3 Å². The van der Waals surface area contributed by atoms with Crippen LogP contribution < -0.4 is 5.73 Å². The number of thioether (sulfide) groups is 1. The second kappa shape index (κ2) is 4.43. The first-order valence-corrected chi connectivity index (χ1v) is 4.86. The quantitative estimate of drug-likeness (QED) is 0.598. The third kappa shape index (κ3) is 3.20. The van der Waals surface area contributed by atoms with E-state index in [0.717, 1.165) is 16.3 Å². The van der Waals surface area contributed by atoms with Gasteiger partial charge in [-0.1, -0.05) is 18.2 Å². The molecule has 0 saturated carbocycles. The molecule has 0 aliphatic rings. The summed E-state index contributed by atoms with van der Waals surface area (Å²) in [6.45, 7) is 3.61. The van der Waals surface area contributed by atoms with Gasteiger partial charge in [0.15, 0.2) is 0 Å². The van der Waals surface area contributed by atoms with Gasteiger partial charge in [0.1, 0.15) is 0 Å². The van der Waals surface area contributed by atoms with Crippen molar-refractivity contribution in [2.75, 3.05) is 11.5 Å². The summed E-state index contributed by atoms with van der Waals surface area (Å²) in [7, 11) is 0. The van der Waals surface area contributed by atoms with Crippen molar-refractivity contribution < 1.29 is 0 Å². The largest absolute Gasteiger partial charge is 0.399 e. The van der Waals surface area contributed by atoms with Gasteiger partial charge in [0.25, 0.3) is 0 Å². The zero-order chi connectivity index (χ0) is 8.97. The summed E-state index contributed by atoms with van der Waals surface area (Å²) in [6.07, 6.45) is 0. The van der Waals surface area contributed by atoms with Crippen LogP contribution in [0.1, 0.15) is 0 Å². The average molecular weight is 200 g/mol. The molecule has 2 N–H and O–H groups in total. The minimum atomic E-state index is 0.664. The molecule has 0 fully saturated rings. The van der Waals surface area contributed by atoms with Crippen LogP contribution in [0.4, 0.5) is 5.69 Å². The number of halogens is 1. The molecule has 1 aromatic carbocycles. The number of nitrogen functional groups attached to an aromatic ring is 1. The lowest BCUT2D eigenvalue weighted by Crippen LogP contribution is -1.83. The lowest BCUT2D eigenvalue weighted by atomic mass is 10.3. The van der Waals surface area contributed by atoms with Crippen LogP contribution >= 0.6 is 23.4 Å². The fourth-order valence-corrected chi connectivity index (χ4v) is 1.54. The van der Waals surface area contributed by atoms with Crippen molar-refractivity contribution in [1.29, 1.82) is 0 Å². The van der Waals surface area contributed by atoms with E-state index < -0.39 is 0 Å². The normalized spacial score (nSPS) is 9.75. The van der Waals surface area contributed by atoms with Crippen molar-refractivity contribution in [2.45, 2.75) is 4.90 Å². The first-order chi connectivity index (χ1) is 5.68. The highest BCUT2D eigenvalue weighted by Crippen LogP contribution is 2.21. The van der Waals surface area contributed by atoms with Gasteiger partial charge in [-0.15, -0.1) is 11.8 Å². The summed E-state index contributed by atoms with van der Waals surface area (Å²) in [4.78, 5) is 1.16. The van der Waals surface area contributed by atoms with Crippen molar-refractivity contribution in [2.24, 2.45) is 0 Å². The summed E-state index contributed by atoms with van der Waals surface area (Å²) in [5.41, 5.74) is 6.31. The Hall–Kier alpha value is -0.600. The van der Waals surface area contributed by atoms with E-state index in [1.54, 1.807) is 11.8 Å². The number of hydrogen-bond acceptors (Lipinski definition) is 2. The molecule has 0 radical (unpaired) electrons. The maximum absolute atomic E-state index is 5.62. The molecule has 0 aliphatic heterocycles. The van der Waals surface area contributed by atoms with Crippen molar-refractivity contribution in [3.63, 3.8) is 0 Å². The molecule has 3 heteroatoms. The Balaban J connectivity index is 2.53. The zero-order valence-corrected chi connectivity index (χ0v) is 8.16. The molecule has 64 valence electrons. The fourth-order valence-electron chi connectivity index (χ4n) is 0.726. The van der Waals surface area contributed by atoms with E-state index in [-0.39, 0.29) is 0 Å². The zero-order valence-electron chi connectivity index (χ0n) is 6.59. The van der Waals surface area contributed by atoms with Gasteiger partial charge >= 0.3 is 0 Å². The molecule has 0 unspecified atom stereocenters. The molecular weight excluding hydrogens is 190 g/mol. The van der Waals surface area contributed by atoms with Gasteiger partial charge in [-0.3, -0.25) is 0 Å². The lowest BCUT2D eigenvalue weighted by molar-refractivity contribution is 1.46. The van der Waals surface area contributed by atoms with Crippen molar-refractivity contribution in [3.05, 3.63) is 35.9 Å². The van der Waals surface area contributed by atoms with Crippen molar-refractivity contribution in [1.82, 2.24) is 0 Å². The summed E-state index contributed by atoms with van der Waals surface area (Å²) >= 11 is 7.27. The Labute approximate surface area is 81.6 Å². The smallest absolute Gasteiger partial charge is 0.0334 e. The van der Waals surface area contributed by atoms with Crippen molar-refractivity contribution in [3.8, 4) is 0 Å². The van der Waals surface area contributed by atoms with E-state index in [0.29, 0.717) is 5.03 Å². The van der Waals surface area contributed by atoms with Crippen LogP contribution in [0.25, 0.3) is 0 Å². The minimum Gasteiger partial charge on any atom is -0.399 e. The molecule has 0 amide bonds. The van der Waals surface area contributed by atoms with Crippen LogP contribution in [0.3, 0.4) is 0 Å². The molecule has 1 nitrogen and oxygen atoms in total. The van der Waals surface area contributed by atoms with E-state index in [9.17, 15) is 0 Å². The molecule has 0 saturated heterocycles. The number of hydrogen-bond donors (Lipinski definition) is 1. The highest BCUT2D eigenvalue weighted by molar-refractivity contribution is 7.99. The van der Waals surface area contributed by atoms with Gasteiger partial charge in [0.05, 0.1) is 0 Å². The van der Waals surface area contributed by atoms with E-state index >= 15 is 0 Å². The standard InChI is InChI=1S/C9H10ClNS/c1-7(10)6-12-9-4-2-8(11)3-5-9/h2-5H,1,6,11H2. The van der Waals surface area contributed by atoms with E-state index in [1.165, 1.54) is 0 Å². The third-order valence-electron chi connectivity index (χ3n) is 1.28. The topological polar surface area (TPSA) is 26.0 Å². The van der Waals surface area contributed by atoms with Gasteiger partial charge in [-0.05, 0) is 24.3 Å². The second-order valence-corrected chi connectivity index (χ2v) is 3.96. The predicted molar refractivity (Wildman–Crippen MR) is 56.6 cm³/mol. The highest BCUT2D eigenvalue weighted by atomic mass is 35.5. The van der Waals surface area contributed by atoms with Gasteiger partial charge in [-0.25, -0.2) is 0 Å². The van der Waals surface area contributed by atoms with Crippen LogP contribution in [-0.4, -0.2) is 5.75 Å². The summed E-state index contributed by atoms with van der Waals surface area (Å²) in [5.74, 6) is 0.742. The SMILES string of the molecule is C=C(Cl)CSc1ccc(N)cc1. The van der Waals surface area contributed by atoms with Crippen LogP contribution in [-0.2, 0) is 0 Å². The average Bonchev–Trinajstić information content (AvgIpc) is 2.03. The number of benzene rings is 1. The highest BCUT2D eigenvalue weighted by Gasteiger charge is 1.93. The number of anilines is 1. The molecule has 0 spiro atoms. The Morgan fingerprint density at radius 3 is 2.50 bits per heavy atom. The van der Waals surface area contributed by atoms with Crippen LogP contribution in [0.2, 0.25) is 0 Å². The van der Waals surface area contributed by atoms with Crippen molar-refractivity contribution >= 4 is 29.1 Å². The molecule has 1 rings (SSSR count). The third-order valence-corrected chi connectivity index (χ3v) is 2.67. The van der Waals surface area contributed by atoms with Crippen LogP contribution in [0.5, 0.6) is 0 Å². The molecule has 1 aromatic rings. The molecular formula is C9H10ClNS. The molecule has 12 heavy (non-hydrogen) atoms. The Bertz CT molecular complexity index is 268. The lowest BCUT2D eigenvalue weighted by Gasteiger charge is -1.99. The molecule has 0 aromatic heterocycles. The monoisotopic (exact) mass is 199 g/mol. The summed E-state index contributed by atoms with van der Waals surface area (Å²) in [5, 5.41) is 0.664. The Kier molecular flexibility index (Phi) is 3.50. The molecule has 0 bridgehead atoms. The molecule has 0 heterocycles. The molecule has 0 aliphatic carbocycles. The van der Waals surface area contributed by atoms with Gasteiger partial charge < -0.3 is 5.73 Å². The van der Waals surface area contributed by atoms with Crippen LogP contribution in [0.15, 0.2) is 40.8 Å². The van der Waals surface area contributed by atoms with Gasteiger partial charge in [0.2, 0.25) is 0 Å². The fraction of sp³-hybridized carbons (Fsp3) is 0.111. The Morgan fingerprint density at radius 2 is 2.00 bits per heavy atom. The summed E-state index contributed by atoms with van der Waals surface area (Å²) < 4.78 is 0. The Morgan fingerprint density at radius 1 is 1.42 bits per heavy atom. The maximum Gasteiger partial charge on any atom is 0.0334 e. The first kappa shape index (κ1) is 9.49. The van der Waals surface area contributed by atoms with E-state index in [4.69, 9.17) is 17.3 Å². The number of nitrogens with two attached hydrogens (primary N) is 1. The first-order valence-electron chi connectivity index (χ1n) is 3.50. The maximum atomic E-state index is 5.62. The van der Waals surface area contributed by atoms with Gasteiger partial charge in [0, 0.05) is 21.4 Å².